The fourth-order valence-corrected chi connectivity index (χ4v) is 6.73. The van der Waals surface area contributed by atoms with E-state index < -0.39 is 32.8 Å². The zero-order valence-corrected chi connectivity index (χ0v) is 21.7. The van der Waals surface area contributed by atoms with Gasteiger partial charge in [0.1, 0.15) is 11.6 Å². The van der Waals surface area contributed by atoms with Crippen molar-refractivity contribution in [2.45, 2.75) is 15.5 Å². The maximum atomic E-state index is 14.0. The average molecular weight is 542 g/mol. The minimum absolute atomic E-state index is 0.0755. The molecule has 1 fully saturated rings. The van der Waals surface area contributed by atoms with E-state index in [0.717, 1.165) is 61.3 Å². The Balaban J connectivity index is 1.36. The third kappa shape index (κ3) is 5.56. The second-order valence-electron chi connectivity index (χ2n) is 9.06. The Kier molecular flexibility index (Phi) is 7.06. The molecule has 0 saturated carbocycles. The number of sulfone groups is 1. The number of likely N-dealkylation sites (N-methyl/N-ethyl adjacent to an activating group) is 1. The Hall–Kier alpha value is -3.21. The van der Waals surface area contributed by atoms with Crippen LogP contribution in [0.2, 0.25) is 0 Å². The van der Waals surface area contributed by atoms with E-state index >= 15 is 0 Å². The molecule has 192 valence electrons. The van der Waals surface area contributed by atoms with E-state index in [9.17, 15) is 22.0 Å². The van der Waals surface area contributed by atoms with Crippen LogP contribution in [0.4, 0.5) is 20.2 Å². The highest BCUT2D eigenvalue weighted by atomic mass is 32.2. The lowest BCUT2D eigenvalue weighted by Gasteiger charge is -2.34. The summed E-state index contributed by atoms with van der Waals surface area (Å²) in [6.45, 7) is 3.94. The quantitative estimate of drug-likeness (QED) is 0.469. The molecule has 3 aromatic rings. The third-order valence-corrected chi connectivity index (χ3v) is 9.18. The number of nitrogens with one attached hydrogen (secondary N) is 1. The number of hydrogen-bond donors (Lipinski definition) is 1. The van der Waals surface area contributed by atoms with Crippen molar-refractivity contribution in [2.24, 2.45) is 0 Å². The Morgan fingerprint density at radius 2 is 1.65 bits per heavy atom. The summed E-state index contributed by atoms with van der Waals surface area (Å²) in [5, 5.41) is 2.79. The molecular weight excluding hydrogens is 516 g/mol. The van der Waals surface area contributed by atoms with Gasteiger partial charge in [0.2, 0.25) is 0 Å². The minimum atomic E-state index is -4.03. The van der Waals surface area contributed by atoms with Crippen LogP contribution in [-0.4, -0.2) is 52.5 Å². The van der Waals surface area contributed by atoms with Gasteiger partial charge in [0.05, 0.1) is 21.2 Å². The molecule has 0 radical (unpaired) electrons. The van der Waals surface area contributed by atoms with Crippen molar-refractivity contribution in [1.29, 1.82) is 0 Å². The van der Waals surface area contributed by atoms with Crippen LogP contribution < -0.4 is 10.2 Å². The lowest BCUT2D eigenvalue weighted by atomic mass is 10.1. The van der Waals surface area contributed by atoms with Gasteiger partial charge in [0.15, 0.2) is 9.84 Å². The second kappa shape index (κ2) is 10.3. The van der Waals surface area contributed by atoms with E-state index in [0.29, 0.717) is 15.5 Å². The van der Waals surface area contributed by atoms with Gasteiger partial charge in [-0.1, -0.05) is 30.0 Å². The van der Waals surface area contributed by atoms with Crippen LogP contribution in [-0.2, 0) is 20.4 Å². The van der Waals surface area contributed by atoms with Crippen LogP contribution in [0.25, 0.3) is 6.08 Å². The smallest absolute Gasteiger partial charge is 0.262 e. The molecule has 1 saturated heterocycles. The summed E-state index contributed by atoms with van der Waals surface area (Å²) in [5.41, 5.74) is 1.95. The molecule has 2 aliphatic heterocycles. The van der Waals surface area contributed by atoms with Gasteiger partial charge in [-0.15, -0.1) is 0 Å². The summed E-state index contributed by atoms with van der Waals surface area (Å²) in [4.78, 5) is 18.2. The van der Waals surface area contributed by atoms with Gasteiger partial charge in [-0.25, -0.2) is 17.2 Å². The van der Waals surface area contributed by atoms with Crippen LogP contribution in [0.3, 0.4) is 0 Å². The fraction of sp³-hybridized carbons (Fsp3) is 0.222. The van der Waals surface area contributed by atoms with Gasteiger partial charge in [-0.2, -0.15) is 0 Å². The van der Waals surface area contributed by atoms with Gasteiger partial charge in [0, 0.05) is 42.3 Å². The molecule has 1 N–H and O–H groups in total. The van der Waals surface area contributed by atoms with E-state index in [1.54, 1.807) is 6.08 Å². The molecule has 0 bridgehead atoms. The van der Waals surface area contributed by atoms with Crippen molar-refractivity contribution in [3.63, 3.8) is 0 Å². The molecule has 0 aromatic heterocycles. The molecule has 0 spiro atoms. The average Bonchev–Trinajstić information content (AvgIpc) is 2.87. The maximum absolute atomic E-state index is 14.0. The lowest BCUT2D eigenvalue weighted by Crippen LogP contribution is -2.44. The van der Waals surface area contributed by atoms with E-state index in [1.807, 2.05) is 24.3 Å². The third-order valence-electron chi connectivity index (χ3n) is 6.46. The van der Waals surface area contributed by atoms with Gasteiger partial charge in [0.25, 0.3) is 5.91 Å². The molecule has 0 atom stereocenters. The summed E-state index contributed by atoms with van der Waals surface area (Å²) in [7, 11) is -1.92. The number of amides is 1. The number of carbonyl (C=O) groups excluding carboxylic acids is 1. The number of halogens is 2. The predicted octanol–water partition coefficient (Wildman–Crippen LogP) is 4.78. The summed E-state index contributed by atoms with van der Waals surface area (Å²) >= 11 is 1.16. The van der Waals surface area contributed by atoms with E-state index in [4.69, 9.17) is 0 Å². The number of piperazine rings is 1. The van der Waals surface area contributed by atoms with Crippen molar-refractivity contribution >= 4 is 45.0 Å². The van der Waals surface area contributed by atoms with E-state index in [2.05, 4.69) is 22.2 Å². The Morgan fingerprint density at radius 1 is 0.973 bits per heavy atom. The first kappa shape index (κ1) is 25.4. The summed E-state index contributed by atoms with van der Waals surface area (Å²) < 4.78 is 54.0. The lowest BCUT2D eigenvalue weighted by molar-refractivity contribution is -0.112. The van der Waals surface area contributed by atoms with Crippen LogP contribution in [0, 0.1) is 11.6 Å². The first-order valence-electron chi connectivity index (χ1n) is 11.7. The van der Waals surface area contributed by atoms with Gasteiger partial charge in [-0.3, -0.25) is 4.79 Å². The first-order chi connectivity index (χ1) is 17.7. The first-order valence-corrected chi connectivity index (χ1v) is 14.2. The normalized spacial score (nSPS) is 17.5. The molecule has 10 heteroatoms. The largest absolute Gasteiger partial charge is 0.369 e. The Labute approximate surface area is 218 Å². The molecule has 2 heterocycles. The zero-order valence-electron chi connectivity index (χ0n) is 20.1. The number of nitrogens with zero attached hydrogens (tertiary/aromatic N) is 2. The number of rotatable bonds is 5. The number of fused-ring (bicyclic) bond motifs is 1. The molecule has 0 aliphatic carbocycles. The van der Waals surface area contributed by atoms with Crippen molar-refractivity contribution in [2.75, 3.05) is 43.4 Å². The van der Waals surface area contributed by atoms with Gasteiger partial charge in [-0.05, 0) is 61.2 Å². The second-order valence-corrected chi connectivity index (χ2v) is 12.1. The highest BCUT2D eigenvalue weighted by Gasteiger charge is 2.26. The zero-order chi connectivity index (χ0) is 26.2. The molecule has 0 unspecified atom stereocenters. The molecule has 2 aliphatic rings. The van der Waals surface area contributed by atoms with Gasteiger partial charge >= 0.3 is 0 Å². The number of hydrogen-bond acceptors (Lipinski definition) is 6. The number of anilines is 2. The maximum Gasteiger partial charge on any atom is 0.262 e. The standard InChI is InChI=1S/C27H25F2N3O3S2/c1-31-11-13-32(14-12-31)19-7-5-18(6-8-19)15-26-27(33)30-24-10-9-20(16-25(24)36-26)37(34,35)17-21-22(28)3-2-4-23(21)29/h2-10,15-16H,11-14,17H2,1H3,(H,30,33)/b26-15+. The molecule has 37 heavy (non-hydrogen) atoms. The monoisotopic (exact) mass is 541 g/mol. The molecule has 3 aromatic carbocycles. The van der Waals surface area contributed by atoms with Gasteiger partial charge < -0.3 is 15.1 Å². The van der Waals surface area contributed by atoms with Crippen molar-refractivity contribution in [3.8, 4) is 0 Å². The molecular formula is C27H25F2N3O3S2. The predicted molar refractivity (Wildman–Crippen MR) is 142 cm³/mol. The minimum Gasteiger partial charge on any atom is -0.369 e. The summed E-state index contributed by atoms with van der Waals surface area (Å²) in [5.74, 6) is -2.91. The Morgan fingerprint density at radius 3 is 2.32 bits per heavy atom. The number of carbonyl (C=O) groups is 1. The van der Waals surface area contributed by atoms with Crippen molar-refractivity contribution < 1.29 is 22.0 Å². The SMILES string of the molecule is CN1CCN(c2ccc(/C=C3/Sc4cc(S(=O)(=O)Cc5c(F)cccc5F)ccc4NC3=O)cc2)CC1. The van der Waals surface area contributed by atoms with Crippen LogP contribution in [0.15, 0.2) is 75.4 Å². The highest BCUT2D eigenvalue weighted by molar-refractivity contribution is 8.04. The van der Waals surface area contributed by atoms with Crippen LogP contribution >= 0.6 is 11.8 Å². The Bertz CT molecular complexity index is 1460. The van der Waals surface area contributed by atoms with Crippen LogP contribution in [0.1, 0.15) is 11.1 Å². The summed E-state index contributed by atoms with van der Waals surface area (Å²) in [6.07, 6.45) is 1.76. The van der Waals surface area contributed by atoms with Crippen LogP contribution in [0.5, 0.6) is 0 Å². The van der Waals surface area contributed by atoms with Crippen molar-refractivity contribution in [3.05, 3.63) is 88.3 Å². The molecule has 5 rings (SSSR count). The molecule has 1 amide bonds. The number of benzene rings is 3. The fourth-order valence-electron chi connectivity index (χ4n) is 4.27. The van der Waals surface area contributed by atoms with E-state index in [1.165, 1.54) is 24.3 Å². The topological polar surface area (TPSA) is 69.7 Å². The van der Waals surface area contributed by atoms with Crippen molar-refractivity contribution in [1.82, 2.24) is 4.90 Å². The molecule has 6 nitrogen and oxygen atoms in total. The summed E-state index contributed by atoms with van der Waals surface area (Å²) in [6, 6.07) is 15.5. The van der Waals surface area contributed by atoms with E-state index in [-0.39, 0.29) is 10.8 Å². The number of thioether (sulfide) groups is 1. The highest BCUT2D eigenvalue weighted by Crippen LogP contribution is 2.40.